The van der Waals surface area contributed by atoms with Crippen LogP contribution < -0.4 is 9.80 Å². The average Bonchev–Trinajstić information content (AvgIpc) is 3.15. The predicted molar refractivity (Wildman–Crippen MR) is 112 cm³/mol. The highest BCUT2D eigenvalue weighted by atomic mass is 16.2. The van der Waals surface area contributed by atoms with Gasteiger partial charge in [0.1, 0.15) is 0 Å². The van der Waals surface area contributed by atoms with Gasteiger partial charge in [-0.1, -0.05) is 0 Å². The molecule has 1 aromatic carbocycles. The molecule has 3 fully saturated rings. The second-order valence-corrected chi connectivity index (χ2v) is 8.30. The third-order valence-electron chi connectivity index (χ3n) is 6.39. The lowest BCUT2D eigenvalue weighted by molar-refractivity contribution is -0.141. The van der Waals surface area contributed by atoms with E-state index < -0.39 is 0 Å². The van der Waals surface area contributed by atoms with Crippen molar-refractivity contribution in [3.8, 4) is 0 Å². The first-order valence-electron chi connectivity index (χ1n) is 10.7. The van der Waals surface area contributed by atoms with E-state index >= 15 is 0 Å². The van der Waals surface area contributed by atoms with Crippen LogP contribution in [-0.2, 0) is 14.4 Å². The van der Waals surface area contributed by atoms with Crippen LogP contribution in [0.3, 0.4) is 0 Å². The molecule has 0 aliphatic carbocycles. The van der Waals surface area contributed by atoms with Gasteiger partial charge in [-0.2, -0.15) is 0 Å². The van der Waals surface area contributed by atoms with Crippen LogP contribution in [0.5, 0.6) is 0 Å². The fourth-order valence-corrected chi connectivity index (χ4v) is 4.62. The van der Waals surface area contributed by atoms with Crippen molar-refractivity contribution in [2.75, 3.05) is 55.6 Å². The third kappa shape index (κ3) is 4.23. The van der Waals surface area contributed by atoms with Crippen LogP contribution in [0, 0.1) is 5.92 Å². The van der Waals surface area contributed by atoms with Gasteiger partial charge in [-0.25, -0.2) is 0 Å². The van der Waals surface area contributed by atoms with E-state index in [-0.39, 0.29) is 30.1 Å². The summed E-state index contributed by atoms with van der Waals surface area (Å²) < 4.78 is 0. The number of carbonyl (C=O) groups excluding carboxylic acids is 3. The number of rotatable bonds is 3. The van der Waals surface area contributed by atoms with Crippen molar-refractivity contribution in [3.05, 3.63) is 24.3 Å². The highest BCUT2D eigenvalue weighted by Crippen LogP contribution is 2.29. The van der Waals surface area contributed by atoms with Gasteiger partial charge in [0.05, 0.1) is 5.92 Å². The number of benzene rings is 1. The second-order valence-electron chi connectivity index (χ2n) is 8.30. The molecular formula is C22H30N4O3. The summed E-state index contributed by atoms with van der Waals surface area (Å²) in [5.74, 6) is -0.203. The molecule has 7 heteroatoms. The lowest BCUT2D eigenvalue weighted by Crippen LogP contribution is -2.51. The molecule has 0 saturated carbocycles. The van der Waals surface area contributed by atoms with Crippen molar-refractivity contribution in [1.82, 2.24) is 9.80 Å². The highest BCUT2D eigenvalue weighted by molar-refractivity contribution is 6.00. The highest BCUT2D eigenvalue weighted by Gasteiger charge is 2.38. The smallest absolute Gasteiger partial charge is 0.228 e. The SMILES string of the molecule is CC(=O)N1CCN(C(=O)C2CC(=O)N(c3ccc(N4CCCCC4)cc3)C2)CC1. The fraction of sp³-hybridized carbons (Fsp3) is 0.591. The summed E-state index contributed by atoms with van der Waals surface area (Å²) in [5, 5.41) is 0. The maximum atomic E-state index is 12.9. The molecule has 1 aromatic rings. The molecule has 3 aliphatic heterocycles. The van der Waals surface area contributed by atoms with Crippen molar-refractivity contribution in [2.24, 2.45) is 5.92 Å². The first kappa shape index (κ1) is 19.7. The molecule has 1 atom stereocenters. The van der Waals surface area contributed by atoms with Gasteiger partial charge in [-0.3, -0.25) is 14.4 Å². The molecule has 4 rings (SSSR count). The molecule has 0 aromatic heterocycles. The van der Waals surface area contributed by atoms with Crippen molar-refractivity contribution in [2.45, 2.75) is 32.6 Å². The van der Waals surface area contributed by atoms with Crippen molar-refractivity contribution in [3.63, 3.8) is 0 Å². The van der Waals surface area contributed by atoms with Crippen LogP contribution in [0.4, 0.5) is 11.4 Å². The van der Waals surface area contributed by atoms with E-state index in [0.717, 1.165) is 18.8 Å². The molecular weight excluding hydrogens is 368 g/mol. The molecule has 7 nitrogen and oxygen atoms in total. The molecule has 0 spiro atoms. The molecule has 3 heterocycles. The third-order valence-corrected chi connectivity index (χ3v) is 6.39. The topological polar surface area (TPSA) is 64.2 Å². The molecule has 0 radical (unpaired) electrons. The lowest BCUT2D eigenvalue weighted by Gasteiger charge is -2.35. The van der Waals surface area contributed by atoms with E-state index in [1.807, 2.05) is 12.1 Å². The van der Waals surface area contributed by atoms with Crippen molar-refractivity contribution < 1.29 is 14.4 Å². The van der Waals surface area contributed by atoms with E-state index in [2.05, 4.69) is 17.0 Å². The zero-order valence-electron chi connectivity index (χ0n) is 17.2. The second kappa shape index (κ2) is 8.43. The summed E-state index contributed by atoms with van der Waals surface area (Å²) >= 11 is 0. The molecule has 156 valence electrons. The number of amides is 3. The monoisotopic (exact) mass is 398 g/mol. The summed E-state index contributed by atoms with van der Waals surface area (Å²) in [6.07, 6.45) is 4.03. The number of hydrogen-bond acceptors (Lipinski definition) is 4. The van der Waals surface area contributed by atoms with Gasteiger partial charge in [0.25, 0.3) is 0 Å². The van der Waals surface area contributed by atoms with E-state index in [1.165, 1.54) is 24.9 Å². The Hall–Kier alpha value is -2.57. The van der Waals surface area contributed by atoms with Gasteiger partial charge in [0.15, 0.2) is 0 Å². The maximum absolute atomic E-state index is 12.9. The number of anilines is 2. The minimum atomic E-state index is -0.298. The molecule has 3 saturated heterocycles. The zero-order valence-corrected chi connectivity index (χ0v) is 17.2. The Labute approximate surface area is 172 Å². The van der Waals surface area contributed by atoms with Crippen LogP contribution in [0.2, 0.25) is 0 Å². The van der Waals surface area contributed by atoms with Crippen molar-refractivity contribution >= 4 is 29.1 Å². The van der Waals surface area contributed by atoms with Gasteiger partial charge in [-0.05, 0) is 43.5 Å². The number of piperazine rings is 1. The summed E-state index contributed by atoms with van der Waals surface area (Å²) in [7, 11) is 0. The zero-order chi connectivity index (χ0) is 20.4. The standard InChI is InChI=1S/C22H30N4O3/c1-17(27)23-11-13-25(14-12-23)22(29)18-15-21(28)26(16-18)20-7-5-19(6-8-20)24-9-3-2-4-10-24/h5-8,18H,2-4,9-16H2,1H3. The van der Waals surface area contributed by atoms with E-state index in [1.54, 1.807) is 21.6 Å². The summed E-state index contributed by atoms with van der Waals surface area (Å²) in [6, 6.07) is 8.18. The Morgan fingerprint density at radius 2 is 1.41 bits per heavy atom. The normalized spacial score (nSPS) is 22.9. The van der Waals surface area contributed by atoms with Gasteiger partial charge in [0, 0.05) is 70.5 Å². The summed E-state index contributed by atoms with van der Waals surface area (Å²) in [5.41, 5.74) is 2.07. The van der Waals surface area contributed by atoms with E-state index in [9.17, 15) is 14.4 Å². The molecule has 29 heavy (non-hydrogen) atoms. The summed E-state index contributed by atoms with van der Waals surface area (Å²) in [6.45, 7) is 6.42. The molecule has 1 unspecified atom stereocenters. The van der Waals surface area contributed by atoms with Crippen LogP contribution in [0.25, 0.3) is 0 Å². The van der Waals surface area contributed by atoms with Crippen molar-refractivity contribution in [1.29, 1.82) is 0 Å². The minimum Gasteiger partial charge on any atom is -0.372 e. The Balaban J connectivity index is 1.36. The summed E-state index contributed by atoms with van der Waals surface area (Å²) in [4.78, 5) is 44.7. The Kier molecular flexibility index (Phi) is 5.74. The number of carbonyl (C=O) groups is 3. The predicted octanol–water partition coefficient (Wildman–Crippen LogP) is 1.72. The number of piperidine rings is 1. The Morgan fingerprint density at radius 1 is 0.828 bits per heavy atom. The maximum Gasteiger partial charge on any atom is 0.228 e. The first-order chi connectivity index (χ1) is 14.0. The average molecular weight is 399 g/mol. The van der Waals surface area contributed by atoms with Crippen LogP contribution in [-0.4, -0.2) is 73.3 Å². The molecule has 0 bridgehead atoms. The van der Waals surface area contributed by atoms with E-state index in [4.69, 9.17) is 0 Å². The Morgan fingerprint density at radius 3 is 2.03 bits per heavy atom. The number of nitrogens with zero attached hydrogens (tertiary/aromatic N) is 4. The Bertz CT molecular complexity index is 765. The van der Waals surface area contributed by atoms with Crippen LogP contribution in [0.15, 0.2) is 24.3 Å². The minimum absolute atomic E-state index is 0.0106. The van der Waals surface area contributed by atoms with Crippen LogP contribution >= 0.6 is 0 Å². The van der Waals surface area contributed by atoms with E-state index in [0.29, 0.717) is 32.7 Å². The molecule has 0 N–H and O–H groups in total. The van der Waals surface area contributed by atoms with Crippen LogP contribution in [0.1, 0.15) is 32.6 Å². The number of hydrogen-bond donors (Lipinski definition) is 0. The van der Waals surface area contributed by atoms with Gasteiger partial charge >= 0.3 is 0 Å². The van der Waals surface area contributed by atoms with Gasteiger partial charge in [0.2, 0.25) is 17.7 Å². The quantitative estimate of drug-likeness (QED) is 0.778. The fourth-order valence-electron chi connectivity index (χ4n) is 4.62. The lowest BCUT2D eigenvalue weighted by atomic mass is 10.1. The molecule has 3 amide bonds. The van der Waals surface area contributed by atoms with Gasteiger partial charge in [-0.15, -0.1) is 0 Å². The first-order valence-corrected chi connectivity index (χ1v) is 10.7. The largest absolute Gasteiger partial charge is 0.372 e. The van der Waals surface area contributed by atoms with Gasteiger partial charge < -0.3 is 19.6 Å². The molecule has 3 aliphatic rings.